The molecule has 7 nitrogen and oxygen atoms in total. The van der Waals surface area contributed by atoms with Crippen LogP contribution >= 0.6 is 0 Å². The fourth-order valence-electron chi connectivity index (χ4n) is 3.47. The predicted octanol–water partition coefficient (Wildman–Crippen LogP) is 6.08. The van der Waals surface area contributed by atoms with Crippen molar-refractivity contribution in [1.82, 2.24) is 9.78 Å². The molecule has 0 aliphatic rings. The fraction of sp³-hybridized carbons (Fsp3) is 0.259. The number of rotatable bonds is 9. The van der Waals surface area contributed by atoms with Crippen LogP contribution in [0.1, 0.15) is 52.8 Å². The van der Waals surface area contributed by atoms with Gasteiger partial charge >= 0.3 is 0 Å². The van der Waals surface area contributed by atoms with Gasteiger partial charge in [-0.3, -0.25) is 4.79 Å². The summed E-state index contributed by atoms with van der Waals surface area (Å²) in [5.74, 6) is 2.43. The van der Waals surface area contributed by atoms with Crippen LogP contribution in [0.3, 0.4) is 0 Å². The maximum Gasteiger partial charge on any atom is 0.291 e. The van der Waals surface area contributed by atoms with Crippen molar-refractivity contribution in [2.45, 2.75) is 47.0 Å². The maximum atomic E-state index is 12.6. The Morgan fingerprint density at radius 1 is 1.06 bits per heavy atom. The highest BCUT2D eigenvalue weighted by molar-refractivity contribution is 6.02. The first kappa shape index (κ1) is 23.2. The van der Waals surface area contributed by atoms with Gasteiger partial charge in [0.1, 0.15) is 23.9 Å². The van der Waals surface area contributed by atoms with Crippen LogP contribution in [-0.2, 0) is 13.3 Å². The third-order valence-corrected chi connectivity index (χ3v) is 5.39. The first-order valence-corrected chi connectivity index (χ1v) is 11.2. The SMILES string of the molecule is Cc1ccc(OCn2cc(NC(=O)c3ccc(COc4ccc(C(C)C)cc4)o3)cn2)c(C)c1. The van der Waals surface area contributed by atoms with Crippen molar-refractivity contribution in [3.63, 3.8) is 0 Å². The van der Waals surface area contributed by atoms with E-state index in [1.165, 1.54) is 11.1 Å². The van der Waals surface area contributed by atoms with Gasteiger partial charge in [-0.15, -0.1) is 0 Å². The van der Waals surface area contributed by atoms with Crippen molar-refractivity contribution in [3.8, 4) is 11.5 Å². The average molecular weight is 460 g/mol. The Morgan fingerprint density at radius 3 is 2.59 bits per heavy atom. The number of hydrogen-bond acceptors (Lipinski definition) is 5. The molecule has 0 spiro atoms. The second kappa shape index (κ2) is 10.3. The van der Waals surface area contributed by atoms with Crippen molar-refractivity contribution in [2.75, 3.05) is 5.32 Å². The summed E-state index contributed by atoms with van der Waals surface area (Å²) < 4.78 is 18.8. The second-order valence-corrected chi connectivity index (χ2v) is 8.54. The normalized spacial score (nSPS) is 11.0. The summed E-state index contributed by atoms with van der Waals surface area (Å²) in [5.41, 5.74) is 4.05. The molecule has 4 aromatic rings. The van der Waals surface area contributed by atoms with Gasteiger partial charge in [0.25, 0.3) is 5.91 Å². The first-order valence-electron chi connectivity index (χ1n) is 11.2. The van der Waals surface area contributed by atoms with Gasteiger partial charge in [0.05, 0.1) is 18.1 Å². The lowest BCUT2D eigenvalue weighted by atomic mass is 10.0. The van der Waals surface area contributed by atoms with Gasteiger partial charge in [-0.1, -0.05) is 43.7 Å². The van der Waals surface area contributed by atoms with Gasteiger partial charge in [-0.2, -0.15) is 5.10 Å². The van der Waals surface area contributed by atoms with Crippen LogP contribution in [0.2, 0.25) is 0 Å². The molecule has 176 valence electrons. The summed E-state index contributed by atoms with van der Waals surface area (Å²) in [7, 11) is 0. The Hall–Kier alpha value is -4.00. The summed E-state index contributed by atoms with van der Waals surface area (Å²) in [4.78, 5) is 12.6. The molecule has 2 heterocycles. The zero-order chi connectivity index (χ0) is 24.1. The molecule has 1 amide bonds. The van der Waals surface area contributed by atoms with Crippen LogP contribution in [-0.4, -0.2) is 15.7 Å². The van der Waals surface area contributed by atoms with Crippen LogP contribution < -0.4 is 14.8 Å². The molecule has 0 radical (unpaired) electrons. The minimum atomic E-state index is -0.359. The molecule has 0 unspecified atom stereocenters. The number of amides is 1. The molecule has 0 aliphatic carbocycles. The second-order valence-electron chi connectivity index (χ2n) is 8.54. The van der Waals surface area contributed by atoms with Crippen molar-refractivity contribution in [2.24, 2.45) is 0 Å². The molecule has 2 aromatic carbocycles. The molecule has 0 atom stereocenters. The highest BCUT2D eigenvalue weighted by Gasteiger charge is 2.13. The minimum absolute atomic E-state index is 0.202. The number of nitrogens with one attached hydrogen (secondary N) is 1. The van der Waals surface area contributed by atoms with Gasteiger partial charge in [0.2, 0.25) is 0 Å². The van der Waals surface area contributed by atoms with Crippen LogP contribution in [0.25, 0.3) is 0 Å². The van der Waals surface area contributed by atoms with Crippen molar-refractivity contribution >= 4 is 11.6 Å². The topological polar surface area (TPSA) is 78.5 Å². The number of aryl methyl sites for hydroxylation is 2. The quantitative estimate of drug-likeness (QED) is 0.328. The van der Waals surface area contributed by atoms with E-state index in [4.69, 9.17) is 13.9 Å². The van der Waals surface area contributed by atoms with E-state index < -0.39 is 0 Å². The Bertz CT molecular complexity index is 1260. The number of ether oxygens (including phenoxy) is 2. The van der Waals surface area contributed by atoms with E-state index in [2.05, 4.69) is 30.3 Å². The van der Waals surface area contributed by atoms with Crippen LogP contribution in [0.4, 0.5) is 5.69 Å². The molecule has 34 heavy (non-hydrogen) atoms. The van der Waals surface area contributed by atoms with E-state index in [0.717, 1.165) is 17.1 Å². The number of furan rings is 1. The van der Waals surface area contributed by atoms with Gasteiger partial charge in [0.15, 0.2) is 12.5 Å². The smallest absolute Gasteiger partial charge is 0.291 e. The monoisotopic (exact) mass is 459 g/mol. The summed E-state index contributed by atoms with van der Waals surface area (Å²) in [6.07, 6.45) is 3.27. The Kier molecular flexibility index (Phi) is 7.01. The third kappa shape index (κ3) is 5.86. The zero-order valence-corrected chi connectivity index (χ0v) is 19.9. The molecule has 0 bridgehead atoms. The third-order valence-electron chi connectivity index (χ3n) is 5.39. The van der Waals surface area contributed by atoms with E-state index in [0.29, 0.717) is 17.4 Å². The van der Waals surface area contributed by atoms with E-state index in [9.17, 15) is 4.79 Å². The zero-order valence-electron chi connectivity index (χ0n) is 19.9. The highest BCUT2D eigenvalue weighted by Crippen LogP contribution is 2.21. The van der Waals surface area contributed by atoms with Crippen LogP contribution in [0.5, 0.6) is 11.5 Å². The van der Waals surface area contributed by atoms with E-state index in [1.807, 2.05) is 50.2 Å². The Balaban J connectivity index is 1.28. The number of hydrogen-bond donors (Lipinski definition) is 1. The van der Waals surface area contributed by atoms with Gasteiger partial charge in [-0.25, -0.2) is 4.68 Å². The predicted molar refractivity (Wildman–Crippen MR) is 130 cm³/mol. The van der Waals surface area contributed by atoms with Crippen LogP contribution in [0, 0.1) is 13.8 Å². The molecular formula is C27H29N3O4. The molecular weight excluding hydrogens is 430 g/mol. The number of carbonyl (C=O) groups excluding carboxylic acids is 1. The Morgan fingerprint density at radius 2 is 1.85 bits per heavy atom. The fourth-order valence-corrected chi connectivity index (χ4v) is 3.47. The number of carbonyl (C=O) groups is 1. The van der Waals surface area contributed by atoms with Gasteiger partial charge in [-0.05, 0) is 61.2 Å². The van der Waals surface area contributed by atoms with E-state index >= 15 is 0 Å². The van der Waals surface area contributed by atoms with Crippen molar-refractivity contribution in [3.05, 3.63) is 95.2 Å². The standard InChI is InChI=1S/C27H29N3O4/c1-18(2)21-6-8-23(9-7-21)32-16-24-10-12-26(34-24)27(31)29-22-14-28-30(15-22)17-33-25-11-5-19(3)13-20(25)4/h5-15,18H,16-17H2,1-4H3,(H,29,31). The molecule has 0 fully saturated rings. The number of anilines is 1. The van der Waals surface area contributed by atoms with E-state index in [-0.39, 0.29) is 25.0 Å². The maximum absolute atomic E-state index is 12.6. The van der Waals surface area contributed by atoms with Gasteiger partial charge < -0.3 is 19.2 Å². The number of benzene rings is 2. The largest absolute Gasteiger partial charge is 0.486 e. The Labute approximate surface area is 199 Å². The number of nitrogens with zero attached hydrogens (tertiary/aromatic N) is 2. The van der Waals surface area contributed by atoms with Crippen molar-refractivity contribution in [1.29, 1.82) is 0 Å². The summed E-state index contributed by atoms with van der Waals surface area (Å²) in [6, 6.07) is 17.3. The van der Waals surface area contributed by atoms with Crippen LogP contribution in [0.15, 0.2) is 71.4 Å². The molecule has 0 saturated heterocycles. The highest BCUT2D eigenvalue weighted by atomic mass is 16.5. The molecule has 0 aliphatic heterocycles. The van der Waals surface area contributed by atoms with Gasteiger partial charge in [0, 0.05) is 0 Å². The molecule has 7 heteroatoms. The molecule has 0 saturated carbocycles. The lowest BCUT2D eigenvalue weighted by molar-refractivity contribution is 0.0992. The summed E-state index contributed by atoms with van der Waals surface area (Å²) in [5, 5.41) is 7.02. The molecule has 4 rings (SSSR count). The molecule has 2 aromatic heterocycles. The molecule has 1 N–H and O–H groups in total. The summed E-state index contributed by atoms with van der Waals surface area (Å²) in [6.45, 7) is 8.82. The lowest BCUT2D eigenvalue weighted by Crippen LogP contribution is -2.10. The minimum Gasteiger partial charge on any atom is -0.486 e. The first-order chi connectivity index (χ1) is 16.4. The summed E-state index contributed by atoms with van der Waals surface area (Å²) >= 11 is 0. The number of aromatic nitrogens is 2. The van der Waals surface area contributed by atoms with E-state index in [1.54, 1.807) is 29.2 Å². The average Bonchev–Trinajstić information content (AvgIpc) is 3.47. The lowest BCUT2D eigenvalue weighted by Gasteiger charge is -2.09. The van der Waals surface area contributed by atoms with Crippen molar-refractivity contribution < 1.29 is 18.7 Å².